The fourth-order valence-corrected chi connectivity index (χ4v) is 2.16. The van der Waals surface area contributed by atoms with Crippen LogP contribution in [0.1, 0.15) is 13.8 Å². The summed E-state index contributed by atoms with van der Waals surface area (Å²) >= 11 is 5.76. The fraction of sp³-hybridized carbons (Fsp3) is 0.333. The first-order valence-electron chi connectivity index (χ1n) is 5.49. The zero-order valence-electron chi connectivity index (χ0n) is 9.91. The molecule has 0 aromatic heterocycles. The van der Waals surface area contributed by atoms with E-state index in [9.17, 15) is 14.0 Å². The molecule has 0 spiro atoms. The Labute approximate surface area is 109 Å². The van der Waals surface area contributed by atoms with Crippen LogP contribution >= 0.6 is 11.6 Å². The van der Waals surface area contributed by atoms with Gasteiger partial charge < -0.3 is 5.32 Å². The monoisotopic (exact) mass is 270 g/mol. The minimum atomic E-state index is -0.688. The van der Waals surface area contributed by atoms with E-state index in [1.165, 1.54) is 17.0 Å². The number of nitrogens with zero attached hydrogens (tertiary/aromatic N) is 1. The third kappa shape index (κ3) is 2.18. The standard InChI is InChI=1S/C12H12ClFN2O2/c1-6-12(18)16(7(2)11(17)15-6)10-4-8(13)3-9(14)5-10/h3-7H,1-2H3,(H,15,17). The number of piperazine rings is 1. The summed E-state index contributed by atoms with van der Waals surface area (Å²) in [5, 5.41) is 2.73. The van der Waals surface area contributed by atoms with E-state index < -0.39 is 17.9 Å². The molecule has 0 aliphatic carbocycles. The van der Waals surface area contributed by atoms with Gasteiger partial charge in [-0.3, -0.25) is 14.5 Å². The van der Waals surface area contributed by atoms with Crippen molar-refractivity contribution in [1.29, 1.82) is 0 Å². The maximum Gasteiger partial charge on any atom is 0.250 e. The van der Waals surface area contributed by atoms with Crippen molar-refractivity contribution < 1.29 is 14.0 Å². The number of anilines is 1. The maximum absolute atomic E-state index is 13.3. The lowest BCUT2D eigenvalue weighted by Gasteiger charge is -2.36. The van der Waals surface area contributed by atoms with Crippen molar-refractivity contribution in [1.82, 2.24) is 5.32 Å². The number of halogens is 2. The highest BCUT2D eigenvalue weighted by molar-refractivity contribution is 6.31. The van der Waals surface area contributed by atoms with Crippen LogP contribution in [0.3, 0.4) is 0 Å². The molecule has 2 amide bonds. The predicted octanol–water partition coefficient (Wildman–Crippen LogP) is 1.72. The summed E-state index contributed by atoms with van der Waals surface area (Å²) in [4.78, 5) is 25.0. The molecule has 2 unspecified atom stereocenters. The summed E-state index contributed by atoms with van der Waals surface area (Å²) in [5.74, 6) is -1.11. The highest BCUT2D eigenvalue weighted by Gasteiger charge is 2.36. The minimum absolute atomic E-state index is 0.184. The van der Waals surface area contributed by atoms with Gasteiger partial charge in [-0.25, -0.2) is 4.39 Å². The second kappa shape index (κ2) is 4.57. The molecular weight excluding hydrogens is 259 g/mol. The molecule has 1 saturated heterocycles. The van der Waals surface area contributed by atoms with E-state index in [0.717, 1.165) is 6.07 Å². The Morgan fingerprint density at radius 1 is 1.28 bits per heavy atom. The van der Waals surface area contributed by atoms with Crippen molar-refractivity contribution in [2.45, 2.75) is 25.9 Å². The number of nitrogens with one attached hydrogen (secondary N) is 1. The van der Waals surface area contributed by atoms with Crippen LogP contribution in [-0.2, 0) is 9.59 Å². The minimum Gasteiger partial charge on any atom is -0.343 e. The third-order valence-electron chi connectivity index (χ3n) is 2.86. The van der Waals surface area contributed by atoms with E-state index in [1.54, 1.807) is 13.8 Å². The quantitative estimate of drug-likeness (QED) is 0.845. The maximum atomic E-state index is 13.3. The Hall–Kier alpha value is -1.62. The van der Waals surface area contributed by atoms with Gasteiger partial charge in [0.1, 0.15) is 17.9 Å². The van der Waals surface area contributed by atoms with Gasteiger partial charge in [-0.15, -0.1) is 0 Å². The van der Waals surface area contributed by atoms with Gasteiger partial charge >= 0.3 is 0 Å². The van der Waals surface area contributed by atoms with Crippen molar-refractivity contribution >= 4 is 29.1 Å². The van der Waals surface area contributed by atoms with Gasteiger partial charge in [-0.2, -0.15) is 0 Å². The number of carbonyl (C=O) groups is 2. The molecule has 2 atom stereocenters. The van der Waals surface area contributed by atoms with E-state index in [4.69, 9.17) is 11.6 Å². The van der Waals surface area contributed by atoms with Gasteiger partial charge in [-0.1, -0.05) is 11.6 Å². The lowest BCUT2D eigenvalue weighted by Crippen LogP contribution is -2.61. The van der Waals surface area contributed by atoms with E-state index in [2.05, 4.69) is 5.32 Å². The number of hydrogen-bond donors (Lipinski definition) is 1. The van der Waals surface area contributed by atoms with Crippen LogP contribution in [0.25, 0.3) is 0 Å². The Morgan fingerprint density at radius 2 is 1.94 bits per heavy atom. The van der Waals surface area contributed by atoms with Crippen LogP contribution < -0.4 is 10.2 Å². The molecule has 1 aliphatic heterocycles. The molecule has 6 heteroatoms. The topological polar surface area (TPSA) is 49.4 Å². The number of amides is 2. The Morgan fingerprint density at radius 3 is 2.56 bits per heavy atom. The fourth-order valence-electron chi connectivity index (χ4n) is 1.94. The first-order chi connectivity index (χ1) is 8.40. The first kappa shape index (κ1) is 12.8. The molecule has 0 bridgehead atoms. The molecule has 0 radical (unpaired) electrons. The summed E-state index contributed by atoms with van der Waals surface area (Å²) in [6.07, 6.45) is 0. The van der Waals surface area contributed by atoms with Gasteiger partial charge in [0.15, 0.2) is 0 Å². The van der Waals surface area contributed by atoms with Gasteiger partial charge in [-0.05, 0) is 32.0 Å². The van der Waals surface area contributed by atoms with E-state index >= 15 is 0 Å². The Balaban J connectivity index is 2.46. The van der Waals surface area contributed by atoms with Crippen molar-refractivity contribution in [2.75, 3.05) is 4.90 Å². The summed E-state index contributed by atoms with van der Waals surface area (Å²) in [7, 11) is 0. The summed E-state index contributed by atoms with van der Waals surface area (Å²) in [5.41, 5.74) is 0.291. The van der Waals surface area contributed by atoms with Crippen molar-refractivity contribution in [3.63, 3.8) is 0 Å². The predicted molar refractivity (Wildman–Crippen MR) is 66.0 cm³/mol. The molecule has 1 fully saturated rings. The van der Waals surface area contributed by atoms with E-state index in [1.807, 2.05) is 0 Å². The van der Waals surface area contributed by atoms with E-state index in [-0.39, 0.29) is 16.8 Å². The van der Waals surface area contributed by atoms with Gasteiger partial charge in [0, 0.05) is 10.7 Å². The van der Waals surface area contributed by atoms with Gasteiger partial charge in [0.2, 0.25) is 11.8 Å². The van der Waals surface area contributed by atoms with Gasteiger partial charge in [0.25, 0.3) is 0 Å². The molecule has 0 saturated carbocycles. The number of benzene rings is 1. The van der Waals surface area contributed by atoms with Gasteiger partial charge in [0.05, 0.1) is 0 Å². The second-order valence-electron chi connectivity index (χ2n) is 4.24. The largest absolute Gasteiger partial charge is 0.343 e. The lowest BCUT2D eigenvalue weighted by atomic mass is 10.1. The third-order valence-corrected chi connectivity index (χ3v) is 3.08. The molecule has 1 N–H and O–H groups in total. The van der Waals surface area contributed by atoms with Crippen LogP contribution in [0.4, 0.5) is 10.1 Å². The van der Waals surface area contributed by atoms with Crippen molar-refractivity contribution in [2.24, 2.45) is 0 Å². The average Bonchev–Trinajstić information content (AvgIpc) is 2.25. The second-order valence-corrected chi connectivity index (χ2v) is 4.68. The molecule has 1 aliphatic rings. The summed E-state index contributed by atoms with van der Waals surface area (Å²) in [6.45, 7) is 3.16. The Kier molecular flexibility index (Phi) is 3.26. The van der Waals surface area contributed by atoms with Crippen LogP contribution in [0.15, 0.2) is 18.2 Å². The summed E-state index contributed by atoms with van der Waals surface area (Å²) in [6, 6.07) is 2.48. The molecule has 1 aromatic rings. The zero-order chi connectivity index (χ0) is 13.4. The van der Waals surface area contributed by atoms with Crippen LogP contribution in [0.5, 0.6) is 0 Å². The molecule has 2 rings (SSSR count). The van der Waals surface area contributed by atoms with Crippen LogP contribution in [-0.4, -0.2) is 23.9 Å². The van der Waals surface area contributed by atoms with Crippen LogP contribution in [0, 0.1) is 5.82 Å². The number of hydrogen-bond acceptors (Lipinski definition) is 2. The number of rotatable bonds is 1. The lowest BCUT2D eigenvalue weighted by molar-refractivity contribution is -0.133. The smallest absolute Gasteiger partial charge is 0.250 e. The van der Waals surface area contributed by atoms with Crippen molar-refractivity contribution in [3.05, 3.63) is 29.0 Å². The molecule has 18 heavy (non-hydrogen) atoms. The van der Waals surface area contributed by atoms with E-state index in [0.29, 0.717) is 5.69 Å². The molecule has 1 heterocycles. The first-order valence-corrected chi connectivity index (χ1v) is 5.87. The Bertz CT molecular complexity index is 501. The average molecular weight is 271 g/mol. The molecular formula is C12H12ClFN2O2. The molecule has 1 aromatic carbocycles. The van der Waals surface area contributed by atoms with Crippen LogP contribution in [0.2, 0.25) is 5.02 Å². The SMILES string of the molecule is CC1NC(=O)C(C)N(c2cc(F)cc(Cl)c2)C1=O. The highest BCUT2D eigenvalue weighted by atomic mass is 35.5. The van der Waals surface area contributed by atoms with Crippen molar-refractivity contribution in [3.8, 4) is 0 Å². The molecule has 4 nitrogen and oxygen atoms in total. The normalized spacial score (nSPS) is 24.1. The summed E-state index contributed by atoms with van der Waals surface area (Å²) < 4.78 is 13.3. The highest BCUT2D eigenvalue weighted by Crippen LogP contribution is 2.25. The zero-order valence-corrected chi connectivity index (χ0v) is 10.7. The number of carbonyl (C=O) groups excluding carboxylic acids is 2. The molecule has 96 valence electrons.